The molecule has 0 aromatic heterocycles. The van der Waals surface area contributed by atoms with Crippen molar-refractivity contribution < 1.29 is 38.9 Å². The number of benzene rings is 2. The lowest BCUT2D eigenvalue weighted by Crippen LogP contribution is -2.46. The number of aromatic carboxylic acids is 1. The van der Waals surface area contributed by atoms with Crippen molar-refractivity contribution in [1.82, 2.24) is 5.32 Å². The number of aryl methyl sites for hydroxylation is 1. The molecule has 2 rings (SSSR count). The van der Waals surface area contributed by atoms with Gasteiger partial charge in [-0.05, 0) is 96.7 Å². The molecule has 0 saturated carbocycles. The quantitative estimate of drug-likeness (QED) is 0.256. The number of carbonyl (C=O) groups is 4. The van der Waals surface area contributed by atoms with Gasteiger partial charge < -0.3 is 30.7 Å². The van der Waals surface area contributed by atoms with Crippen LogP contribution in [0.1, 0.15) is 86.2 Å². The Morgan fingerprint density at radius 1 is 0.923 bits per heavy atom. The van der Waals surface area contributed by atoms with Crippen molar-refractivity contribution in [2.24, 2.45) is 0 Å². The number of phenolic OH excluding ortho intramolecular Hbond substituents is 1. The Labute approximate surface area is 228 Å². The molecule has 0 aliphatic carbocycles. The number of nitrogen functional groups attached to an aromatic ring is 1. The van der Waals surface area contributed by atoms with Crippen LogP contribution in [0.5, 0.6) is 5.75 Å². The first-order valence-electron chi connectivity index (χ1n) is 12.6. The molecule has 0 spiro atoms. The van der Waals surface area contributed by atoms with Crippen LogP contribution >= 0.6 is 0 Å². The first-order valence-corrected chi connectivity index (χ1v) is 12.6. The van der Waals surface area contributed by atoms with Gasteiger partial charge in [-0.2, -0.15) is 0 Å². The first kappa shape index (κ1) is 31.1. The number of hydrogen-bond donors (Lipinski definition) is 4. The van der Waals surface area contributed by atoms with E-state index in [0.29, 0.717) is 29.7 Å². The van der Waals surface area contributed by atoms with E-state index in [1.807, 2.05) is 0 Å². The molecule has 0 fully saturated rings. The third-order valence-corrected chi connectivity index (χ3v) is 5.42. The third-order valence-electron chi connectivity index (χ3n) is 5.42. The minimum absolute atomic E-state index is 0.110. The Morgan fingerprint density at radius 2 is 1.56 bits per heavy atom. The predicted octanol–water partition coefficient (Wildman–Crippen LogP) is 4.02. The van der Waals surface area contributed by atoms with Crippen molar-refractivity contribution in [2.75, 3.05) is 5.73 Å². The molecule has 2 aromatic rings. The van der Waals surface area contributed by atoms with Gasteiger partial charge in [-0.1, -0.05) is 6.07 Å². The number of nitrogens with two attached hydrogens (primary N) is 1. The highest BCUT2D eigenvalue weighted by molar-refractivity contribution is 5.99. The molecule has 0 radical (unpaired) electrons. The molecular formula is C29H38N2O8. The number of aromatic hydroxyl groups is 1. The molecule has 0 unspecified atom stereocenters. The van der Waals surface area contributed by atoms with E-state index >= 15 is 0 Å². The number of rotatable bonds is 10. The Kier molecular flexibility index (Phi) is 10.1. The van der Waals surface area contributed by atoms with E-state index in [1.165, 1.54) is 30.3 Å². The van der Waals surface area contributed by atoms with Crippen LogP contribution in [0.2, 0.25) is 0 Å². The maximum Gasteiger partial charge on any atom is 0.335 e. The molecule has 0 saturated heterocycles. The van der Waals surface area contributed by atoms with Gasteiger partial charge in [0.05, 0.1) is 12.0 Å². The van der Waals surface area contributed by atoms with Gasteiger partial charge in [0.25, 0.3) is 5.91 Å². The molecule has 10 nitrogen and oxygen atoms in total. The number of carboxylic acid groups (broad SMARTS) is 1. The maximum atomic E-state index is 13.3. The second-order valence-corrected chi connectivity index (χ2v) is 11.2. The lowest BCUT2D eigenvalue weighted by atomic mass is 9.96. The summed E-state index contributed by atoms with van der Waals surface area (Å²) in [6, 6.07) is 7.62. The van der Waals surface area contributed by atoms with E-state index in [-0.39, 0.29) is 23.3 Å². The summed E-state index contributed by atoms with van der Waals surface area (Å²) in [5.41, 5.74) is 5.68. The van der Waals surface area contributed by atoms with Crippen molar-refractivity contribution in [3.63, 3.8) is 0 Å². The van der Waals surface area contributed by atoms with E-state index in [0.717, 1.165) is 0 Å². The SMILES string of the molecule is CC(C)(C)OC(=O)C[C@H](NC(=O)c1cccc(O)c1CCCc1cc(N)ccc1C(=O)O)C(=O)OC(C)(C)C. The van der Waals surface area contributed by atoms with Gasteiger partial charge >= 0.3 is 17.9 Å². The van der Waals surface area contributed by atoms with Crippen molar-refractivity contribution in [1.29, 1.82) is 0 Å². The molecule has 39 heavy (non-hydrogen) atoms. The lowest BCUT2D eigenvalue weighted by molar-refractivity contribution is -0.164. The van der Waals surface area contributed by atoms with E-state index in [4.69, 9.17) is 15.2 Å². The van der Waals surface area contributed by atoms with Gasteiger partial charge in [-0.25, -0.2) is 9.59 Å². The zero-order valence-corrected chi connectivity index (χ0v) is 23.3. The van der Waals surface area contributed by atoms with Gasteiger partial charge in [0, 0.05) is 16.8 Å². The van der Waals surface area contributed by atoms with Crippen molar-refractivity contribution in [3.8, 4) is 5.75 Å². The number of amides is 1. The Balaban J connectivity index is 2.26. The molecule has 1 atom stereocenters. The minimum atomic E-state index is -1.33. The summed E-state index contributed by atoms with van der Waals surface area (Å²) >= 11 is 0. The number of nitrogens with one attached hydrogen (secondary N) is 1. The zero-order valence-electron chi connectivity index (χ0n) is 23.3. The van der Waals surface area contributed by atoms with Crippen LogP contribution in [0.25, 0.3) is 0 Å². The Bertz CT molecular complexity index is 1220. The molecular weight excluding hydrogens is 504 g/mol. The second kappa shape index (κ2) is 12.6. The summed E-state index contributed by atoms with van der Waals surface area (Å²) in [7, 11) is 0. The van der Waals surface area contributed by atoms with Crippen molar-refractivity contribution in [2.45, 2.75) is 84.5 Å². The normalized spacial score (nSPS) is 12.4. The maximum absolute atomic E-state index is 13.3. The predicted molar refractivity (Wildman–Crippen MR) is 146 cm³/mol. The summed E-state index contributed by atoms with van der Waals surface area (Å²) in [6.45, 7) is 10.1. The summed E-state index contributed by atoms with van der Waals surface area (Å²) in [4.78, 5) is 50.2. The van der Waals surface area contributed by atoms with Crippen LogP contribution in [0.3, 0.4) is 0 Å². The number of ether oxygens (including phenoxy) is 2. The molecule has 212 valence electrons. The molecule has 0 aliphatic heterocycles. The summed E-state index contributed by atoms with van der Waals surface area (Å²) in [5.74, 6) is -3.38. The summed E-state index contributed by atoms with van der Waals surface area (Å²) in [5, 5.41) is 22.5. The van der Waals surface area contributed by atoms with E-state index in [1.54, 1.807) is 47.6 Å². The summed E-state index contributed by atoms with van der Waals surface area (Å²) in [6.07, 6.45) is 0.516. The Hall–Kier alpha value is -4.08. The smallest absolute Gasteiger partial charge is 0.335 e. The van der Waals surface area contributed by atoms with Gasteiger partial charge in [0.15, 0.2) is 0 Å². The number of hydrogen-bond acceptors (Lipinski definition) is 8. The fourth-order valence-electron chi connectivity index (χ4n) is 3.89. The fraction of sp³-hybridized carbons (Fsp3) is 0.448. The van der Waals surface area contributed by atoms with Gasteiger partial charge in [0.2, 0.25) is 0 Å². The number of carbonyl (C=O) groups excluding carboxylic acids is 3. The van der Waals surface area contributed by atoms with E-state index < -0.39 is 47.5 Å². The molecule has 10 heteroatoms. The summed E-state index contributed by atoms with van der Waals surface area (Å²) < 4.78 is 10.7. The molecule has 0 aliphatic rings. The molecule has 2 aromatic carbocycles. The minimum Gasteiger partial charge on any atom is -0.508 e. The van der Waals surface area contributed by atoms with Crippen LogP contribution in [0.15, 0.2) is 36.4 Å². The van der Waals surface area contributed by atoms with Crippen LogP contribution in [0.4, 0.5) is 5.69 Å². The monoisotopic (exact) mass is 542 g/mol. The zero-order chi connectivity index (χ0) is 29.5. The average Bonchev–Trinajstić information content (AvgIpc) is 2.77. The highest BCUT2D eigenvalue weighted by atomic mass is 16.6. The molecule has 5 N–H and O–H groups in total. The lowest BCUT2D eigenvalue weighted by Gasteiger charge is -2.26. The van der Waals surface area contributed by atoms with Crippen LogP contribution in [-0.2, 0) is 31.9 Å². The largest absolute Gasteiger partial charge is 0.508 e. The Morgan fingerprint density at radius 3 is 2.15 bits per heavy atom. The highest BCUT2D eigenvalue weighted by Gasteiger charge is 2.31. The fourth-order valence-corrected chi connectivity index (χ4v) is 3.89. The van der Waals surface area contributed by atoms with E-state index in [2.05, 4.69) is 5.32 Å². The van der Waals surface area contributed by atoms with Gasteiger partial charge in [-0.3, -0.25) is 9.59 Å². The van der Waals surface area contributed by atoms with Gasteiger partial charge in [0.1, 0.15) is 23.0 Å². The highest BCUT2D eigenvalue weighted by Crippen LogP contribution is 2.25. The van der Waals surface area contributed by atoms with Gasteiger partial charge in [-0.15, -0.1) is 0 Å². The van der Waals surface area contributed by atoms with Crippen LogP contribution in [-0.4, -0.2) is 51.3 Å². The third kappa shape index (κ3) is 9.96. The molecule has 0 bridgehead atoms. The van der Waals surface area contributed by atoms with E-state index in [9.17, 15) is 29.4 Å². The standard InChI is InChI=1S/C29H38N2O8/c1-28(2,3)38-24(33)16-22(27(37)39-29(4,5)6)31-25(34)21-11-8-12-23(32)20(21)10-7-9-17-15-18(30)13-14-19(17)26(35)36/h8,11-15,22,32H,7,9-10,16,30H2,1-6H3,(H,31,34)(H,35,36)/t22-/m0/s1. The van der Waals surface area contributed by atoms with Crippen LogP contribution in [0, 0.1) is 0 Å². The topological polar surface area (TPSA) is 165 Å². The number of phenols is 1. The number of esters is 2. The van der Waals surface area contributed by atoms with Crippen molar-refractivity contribution in [3.05, 3.63) is 58.7 Å². The second-order valence-electron chi connectivity index (χ2n) is 11.2. The average molecular weight is 543 g/mol. The van der Waals surface area contributed by atoms with Crippen molar-refractivity contribution >= 4 is 29.5 Å². The number of carboxylic acids is 1. The molecule has 0 heterocycles. The molecule has 1 amide bonds. The number of anilines is 1. The van der Waals surface area contributed by atoms with Crippen LogP contribution < -0.4 is 11.1 Å². The first-order chi connectivity index (χ1) is 18.0.